The molecule has 20 heavy (non-hydrogen) atoms. The second kappa shape index (κ2) is 5.71. The summed E-state index contributed by atoms with van der Waals surface area (Å²) >= 11 is 0. The van der Waals surface area contributed by atoms with Crippen LogP contribution in [0.1, 0.15) is 18.4 Å². The summed E-state index contributed by atoms with van der Waals surface area (Å²) in [5, 5.41) is 2.98. The van der Waals surface area contributed by atoms with E-state index in [1.165, 1.54) is 0 Å². The van der Waals surface area contributed by atoms with Gasteiger partial charge in [-0.25, -0.2) is 0 Å². The molecule has 0 bridgehead atoms. The molecule has 1 saturated heterocycles. The molecule has 1 amide bonds. The zero-order valence-electron chi connectivity index (χ0n) is 11.7. The minimum absolute atomic E-state index is 0.128. The minimum atomic E-state index is 0.128. The average molecular weight is 276 g/mol. The average Bonchev–Trinajstić information content (AvgIpc) is 3.04. The lowest BCUT2D eigenvalue weighted by molar-refractivity contribution is -0.122. The van der Waals surface area contributed by atoms with Gasteiger partial charge in [0.2, 0.25) is 12.7 Å². The third kappa shape index (κ3) is 3.04. The molecular weight excluding hydrogens is 256 g/mol. The highest BCUT2D eigenvalue weighted by molar-refractivity contribution is 5.76. The van der Waals surface area contributed by atoms with Gasteiger partial charge in [0.25, 0.3) is 0 Å². The summed E-state index contributed by atoms with van der Waals surface area (Å²) in [6, 6.07) is 5.76. The maximum atomic E-state index is 11.9. The fourth-order valence-electron chi connectivity index (χ4n) is 2.78. The Kier molecular flexibility index (Phi) is 3.78. The monoisotopic (exact) mass is 276 g/mol. The van der Waals surface area contributed by atoms with E-state index in [9.17, 15) is 4.79 Å². The van der Waals surface area contributed by atoms with Crippen molar-refractivity contribution in [3.05, 3.63) is 23.8 Å². The molecule has 0 spiro atoms. The molecule has 0 aliphatic carbocycles. The highest BCUT2D eigenvalue weighted by Gasteiger charge is 2.22. The quantitative estimate of drug-likeness (QED) is 0.902. The summed E-state index contributed by atoms with van der Waals surface area (Å²) in [5.41, 5.74) is 1.03. The van der Waals surface area contributed by atoms with Crippen LogP contribution < -0.4 is 14.8 Å². The number of hydrogen-bond donors (Lipinski definition) is 1. The lowest BCUT2D eigenvalue weighted by Crippen LogP contribution is -2.26. The minimum Gasteiger partial charge on any atom is -0.454 e. The van der Waals surface area contributed by atoms with Gasteiger partial charge in [-0.1, -0.05) is 6.07 Å². The van der Waals surface area contributed by atoms with Crippen LogP contribution in [-0.4, -0.2) is 37.7 Å². The van der Waals surface area contributed by atoms with Crippen molar-refractivity contribution in [2.45, 2.75) is 19.4 Å². The summed E-state index contributed by atoms with van der Waals surface area (Å²) in [6.45, 7) is 2.94. The molecule has 1 fully saturated rings. The lowest BCUT2D eigenvalue weighted by atomic mass is 10.0. The van der Waals surface area contributed by atoms with Gasteiger partial charge in [0, 0.05) is 19.5 Å². The van der Waals surface area contributed by atoms with E-state index >= 15 is 0 Å². The van der Waals surface area contributed by atoms with E-state index < -0.39 is 0 Å². The first-order valence-corrected chi connectivity index (χ1v) is 7.04. The van der Waals surface area contributed by atoms with E-state index in [-0.39, 0.29) is 12.7 Å². The van der Waals surface area contributed by atoms with Crippen molar-refractivity contribution in [1.29, 1.82) is 0 Å². The van der Waals surface area contributed by atoms with E-state index in [2.05, 4.69) is 17.3 Å². The Hall–Kier alpha value is -1.75. The number of amides is 1. The number of benzene rings is 1. The van der Waals surface area contributed by atoms with E-state index in [4.69, 9.17) is 9.47 Å². The Bertz CT molecular complexity index is 504. The Morgan fingerprint density at radius 3 is 3.05 bits per heavy atom. The lowest BCUT2D eigenvalue weighted by Gasteiger charge is -2.11. The Morgan fingerprint density at radius 2 is 2.25 bits per heavy atom. The standard InChI is InChI=1S/C15H20N2O3/c1-17-5-4-12(9-17)7-15(18)16-8-11-2-3-13-14(6-11)20-10-19-13/h2-3,6,12H,4-5,7-10H2,1H3,(H,16,18). The Morgan fingerprint density at radius 1 is 1.40 bits per heavy atom. The fraction of sp³-hybridized carbons (Fsp3) is 0.533. The summed E-state index contributed by atoms with van der Waals surface area (Å²) in [5.74, 6) is 2.16. The van der Waals surface area contributed by atoms with Crippen LogP contribution in [0.5, 0.6) is 11.5 Å². The Balaban J connectivity index is 1.48. The first-order valence-electron chi connectivity index (χ1n) is 7.04. The first kappa shape index (κ1) is 13.2. The molecule has 3 rings (SSSR count). The fourth-order valence-corrected chi connectivity index (χ4v) is 2.78. The van der Waals surface area contributed by atoms with Gasteiger partial charge in [0.05, 0.1) is 0 Å². The molecule has 1 atom stereocenters. The van der Waals surface area contributed by atoms with Crippen LogP contribution >= 0.6 is 0 Å². The molecule has 0 radical (unpaired) electrons. The number of nitrogens with zero attached hydrogens (tertiary/aromatic N) is 1. The molecular formula is C15H20N2O3. The van der Waals surface area contributed by atoms with Gasteiger partial charge in [-0.15, -0.1) is 0 Å². The number of fused-ring (bicyclic) bond motifs is 1. The van der Waals surface area contributed by atoms with Gasteiger partial charge in [-0.05, 0) is 43.6 Å². The number of rotatable bonds is 4. The van der Waals surface area contributed by atoms with Crippen LogP contribution in [0.15, 0.2) is 18.2 Å². The molecule has 1 N–H and O–H groups in total. The maximum absolute atomic E-state index is 11.9. The normalized spacial score (nSPS) is 21.1. The smallest absolute Gasteiger partial charge is 0.231 e. The first-order chi connectivity index (χ1) is 9.70. The van der Waals surface area contributed by atoms with Crippen LogP contribution in [0.25, 0.3) is 0 Å². The molecule has 1 aromatic carbocycles. The molecule has 1 unspecified atom stereocenters. The van der Waals surface area contributed by atoms with Crippen molar-refractivity contribution in [2.24, 2.45) is 5.92 Å². The van der Waals surface area contributed by atoms with Crippen LogP contribution in [0.3, 0.4) is 0 Å². The second-order valence-electron chi connectivity index (χ2n) is 5.59. The van der Waals surface area contributed by atoms with E-state index in [1.807, 2.05) is 18.2 Å². The number of hydrogen-bond acceptors (Lipinski definition) is 4. The van der Waals surface area contributed by atoms with Crippen molar-refractivity contribution < 1.29 is 14.3 Å². The Labute approximate surface area is 118 Å². The number of ether oxygens (including phenoxy) is 2. The zero-order valence-corrected chi connectivity index (χ0v) is 11.7. The second-order valence-corrected chi connectivity index (χ2v) is 5.59. The van der Waals surface area contributed by atoms with Crippen molar-refractivity contribution in [1.82, 2.24) is 10.2 Å². The molecule has 2 aliphatic rings. The molecule has 0 saturated carbocycles. The molecule has 2 aliphatic heterocycles. The number of nitrogens with one attached hydrogen (secondary N) is 1. The maximum Gasteiger partial charge on any atom is 0.231 e. The molecule has 1 aromatic rings. The molecule has 5 nitrogen and oxygen atoms in total. The summed E-state index contributed by atoms with van der Waals surface area (Å²) in [7, 11) is 2.10. The van der Waals surface area contributed by atoms with Crippen molar-refractivity contribution in [3.8, 4) is 11.5 Å². The van der Waals surface area contributed by atoms with Gasteiger partial charge >= 0.3 is 0 Å². The summed E-state index contributed by atoms with van der Waals surface area (Å²) in [6.07, 6.45) is 1.74. The van der Waals surface area contributed by atoms with Gasteiger partial charge < -0.3 is 19.7 Å². The molecule has 5 heteroatoms. The van der Waals surface area contributed by atoms with E-state index in [1.54, 1.807) is 0 Å². The van der Waals surface area contributed by atoms with E-state index in [0.29, 0.717) is 18.9 Å². The summed E-state index contributed by atoms with van der Waals surface area (Å²) in [4.78, 5) is 14.2. The van der Waals surface area contributed by atoms with Crippen molar-refractivity contribution in [3.63, 3.8) is 0 Å². The third-order valence-electron chi connectivity index (χ3n) is 3.89. The number of carbonyl (C=O) groups excluding carboxylic acids is 1. The summed E-state index contributed by atoms with van der Waals surface area (Å²) < 4.78 is 10.6. The predicted octanol–water partition coefficient (Wildman–Crippen LogP) is 1.37. The van der Waals surface area contributed by atoms with Crippen LogP contribution in [0.4, 0.5) is 0 Å². The SMILES string of the molecule is CN1CCC(CC(=O)NCc2ccc3c(c2)OCO3)C1. The van der Waals surface area contributed by atoms with Gasteiger partial charge in [0.1, 0.15) is 0 Å². The van der Waals surface area contributed by atoms with E-state index in [0.717, 1.165) is 36.6 Å². The largest absolute Gasteiger partial charge is 0.454 e. The zero-order chi connectivity index (χ0) is 13.9. The van der Waals surface area contributed by atoms with Gasteiger partial charge in [0.15, 0.2) is 11.5 Å². The molecule has 2 heterocycles. The highest BCUT2D eigenvalue weighted by atomic mass is 16.7. The van der Waals surface area contributed by atoms with Crippen LogP contribution in [-0.2, 0) is 11.3 Å². The van der Waals surface area contributed by atoms with Crippen LogP contribution in [0, 0.1) is 5.92 Å². The predicted molar refractivity (Wildman–Crippen MR) is 74.6 cm³/mol. The van der Waals surface area contributed by atoms with Crippen LogP contribution in [0.2, 0.25) is 0 Å². The number of likely N-dealkylation sites (tertiary alicyclic amines) is 1. The third-order valence-corrected chi connectivity index (χ3v) is 3.89. The van der Waals surface area contributed by atoms with Gasteiger partial charge in [-0.3, -0.25) is 4.79 Å². The van der Waals surface area contributed by atoms with Crippen molar-refractivity contribution >= 4 is 5.91 Å². The number of carbonyl (C=O) groups is 1. The molecule has 0 aromatic heterocycles. The van der Waals surface area contributed by atoms with Crippen molar-refractivity contribution in [2.75, 3.05) is 26.9 Å². The highest BCUT2D eigenvalue weighted by Crippen LogP contribution is 2.32. The topological polar surface area (TPSA) is 50.8 Å². The molecule has 108 valence electrons. The van der Waals surface area contributed by atoms with Gasteiger partial charge in [-0.2, -0.15) is 0 Å².